The van der Waals surface area contributed by atoms with Crippen molar-refractivity contribution in [3.05, 3.63) is 79.2 Å². The molecule has 1 aliphatic rings. The third-order valence-corrected chi connectivity index (χ3v) is 6.46. The Labute approximate surface area is 195 Å². The van der Waals surface area contributed by atoms with Crippen LogP contribution in [0.2, 0.25) is 0 Å². The normalized spacial score (nSPS) is 15.2. The van der Waals surface area contributed by atoms with Crippen LogP contribution in [0.5, 0.6) is 5.75 Å². The van der Waals surface area contributed by atoms with Gasteiger partial charge in [0.05, 0.1) is 30.5 Å². The second kappa shape index (κ2) is 9.86. The highest BCUT2D eigenvalue weighted by molar-refractivity contribution is 7.07. The van der Waals surface area contributed by atoms with Crippen molar-refractivity contribution in [1.29, 1.82) is 5.26 Å². The zero-order chi connectivity index (χ0) is 23.4. The molecule has 0 N–H and O–H groups in total. The first kappa shape index (κ1) is 22.5. The Hall–Kier alpha value is -3.67. The molecule has 1 fully saturated rings. The Bertz CT molecular complexity index is 1390. The lowest BCUT2D eigenvalue weighted by atomic mass is 10.1. The van der Waals surface area contributed by atoms with Crippen LogP contribution < -0.4 is 19.5 Å². The lowest BCUT2D eigenvalue weighted by molar-refractivity contribution is -0.128. The predicted molar refractivity (Wildman–Crippen MR) is 127 cm³/mol. The Balaban J connectivity index is 2.02. The zero-order valence-corrected chi connectivity index (χ0v) is 19.2. The van der Waals surface area contributed by atoms with E-state index in [4.69, 9.17) is 9.47 Å². The number of rotatable bonds is 4. The average Bonchev–Trinajstić information content (AvgIpc) is 3.16. The van der Waals surface area contributed by atoms with Gasteiger partial charge < -0.3 is 14.4 Å². The van der Waals surface area contributed by atoms with Gasteiger partial charge in [0, 0.05) is 13.1 Å². The molecule has 0 unspecified atom stereocenters. The highest BCUT2D eigenvalue weighted by Crippen LogP contribution is 2.20. The van der Waals surface area contributed by atoms with E-state index in [1.54, 1.807) is 35.2 Å². The fourth-order valence-corrected chi connectivity index (χ4v) is 4.70. The third-order valence-electron chi connectivity index (χ3n) is 5.36. The van der Waals surface area contributed by atoms with Crippen molar-refractivity contribution in [2.24, 2.45) is 0 Å². The number of morpholine rings is 1. The number of para-hydroxylation sites is 2. The largest absolute Gasteiger partial charge is 0.495 e. The SMILES string of the molecule is COc1ccccc1-n1c(=O)/c(=C\c2ccc(C)cc2)s/c1=C(/C#N)C(=O)N1CCOCC1. The summed E-state index contributed by atoms with van der Waals surface area (Å²) in [7, 11) is 1.52. The lowest BCUT2D eigenvalue weighted by Gasteiger charge is -2.26. The summed E-state index contributed by atoms with van der Waals surface area (Å²) >= 11 is 1.13. The van der Waals surface area contributed by atoms with Crippen molar-refractivity contribution in [1.82, 2.24) is 9.47 Å². The molecule has 7 nitrogen and oxygen atoms in total. The van der Waals surface area contributed by atoms with Crippen molar-refractivity contribution >= 4 is 28.9 Å². The van der Waals surface area contributed by atoms with Gasteiger partial charge in [0.1, 0.15) is 16.5 Å². The Morgan fingerprint density at radius 2 is 1.85 bits per heavy atom. The minimum Gasteiger partial charge on any atom is -0.495 e. The van der Waals surface area contributed by atoms with Gasteiger partial charge in [-0.05, 0) is 30.7 Å². The molecule has 1 aliphatic heterocycles. The van der Waals surface area contributed by atoms with E-state index in [0.29, 0.717) is 42.3 Å². The van der Waals surface area contributed by atoms with E-state index in [0.717, 1.165) is 22.5 Å². The molecule has 0 atom stereocenters. The van der Waals surface area contributed by atoms with Crippen molar-refractivity contribution in [2.75, 3.05) is 33.4 Å². The maximum absolute atomic E-state index is 13.6. The third kappa shape index (κ3) is 4.60. The lowest BCUT2D eigenvalue weighted by Crippen LogP contribution is -2.42. The number of carbonyl (C=O) groups is 1. The number of benzene rings is 2. The molecule has 2 aromatic carbocycles. The van der Waals surface area contributed by atoms with Crippen LogP contribution >= 0.6 is 11.3 Å². The molecular formula is C25H23N3O4S. The number of aryl methyl sites for hydroxylation is 1. The van der Waals surface area contributed by atoms with Crippen LogP contribution in [0.4, 0.5) is 0 Å². The number of carbonyl (C=O) groups excluding carboxylic acids is 1. The van der Waals surface area contributed by atoms with Gasteiger partial charge >= 0.3 is 0 Å². The van der Waals surface area contributed by atoms with Gasteiger partial charge in [-0.15, -0.1) is 11.3 Å². The maximum Gasteiger partial charge on any atom is 0.273 e. The quantitative estimate of drug-likeness (QED) is 0.589. The monoisotopic (exact) mass is 461 g/mol. The molecule has 2 heterocycles. The predicted octanol–water partition coefficient (Wildman–Crippen LogP) is 1.58. The van der Waals surface area contributed by atoms with E-state index in [2.05, 4.69) is 6.07 Å². The van der Waals surface area contributed by atoms with Gasteiger partial charge in [-0.1, -0.05) is 42.0 Å². The van der Waals surface area contributed by atoms with E-state index < -0.39 is 5.91 Å². The summed E-state index contributed by atoms with van der Waals surface area (Å²) in [6, 6.07) is 16.9. The molecule has 0 radical (unpaired) electrons. The number of ether oxygens (including phenoxy) is 2. The number of amides is 1. The highest BCUT2D eigenvalue weighted by Gasteiger charge is 2.24. The first-order valence-corrected chi connectivity index (χ1v) is 11.3. The fraction of sp³-hybridized carbons (Fsp3) is 0.240. The van der Waals surface area contributed by atoms with Crippen molar-refractivity contribution in [2.45, 2.75) is 6.92 Å². The summed E-state index contributed by atoms with van der Waals surface area (Å²) in [5.41, 5.74) is 2.05. The minimum atomic E-state index is -0.410. The Morgan fingerprint density at radius 1 is 1.15 bits per heavy atom. The number of methoxy groups -OCH3 is 1. The number of hydrogen-bond donors (Lipinski definition) is 0. The minimum absolute atomic E-state index is 0.0755. The van der Waals surface area contributed by atoms with Gasteiger partial charge in [0.2, 0.25) is 0 Å². The van der Waals surface area contributed by atoms with E-state index in [1.165, 1.54) is 11.7 Å². The number of thiazole rings is 1. The molecule has 0 aliphatic carbocycles. The molecule has 1 aromatic heterocycles. The summed E-state index contributed by atoms with van der Waals surface area (Å²) in [5.74, 6) is 0.0595. The first-order valence-electron chi connectivity index (χ1n) is 10.5. The van der Waals surface area contributed by atoms with Gasteiger partial charge in [0.25, 0.3) is 11.5 Å². The van der Waals surface area contributed by atoms with Crippen LogP contribution in [0.25, 0.3) is 17.3 Å². The topological polar surface area (TPSA) is 84.6 Å². The number of aromatic nitrogens is 1. The highest BCUT2D eigenvalue weighted by atomic mass is 32.1. The van der Waals surface area contributed by atoms with Gasteiger partial charge in [-0.2, -0.15) is 5.26 Å². The maximum atomic E-state index is 13.6. The van der Waals surface area contributed by atoms with E-state index in [9.17, 15) is 14.9 Å². The zero-order valence-electron chi connectivity index (χ0n) is 18.4. The number of nitrogens with zero attached hydrogens (tertiary/aromatic N) is 3. The van der Waals surface area contributed by atoms with Crippen LogP contribution in [0.3, 0.4) is 0 Å². The molecular weight excluding hydrogens is 438 g/mol. The number of nitriles is 1. The average molecular weight is 462 g/mol. The van der Waals surface area contributed by atoms with E-state index in [-0.39, 0.29) is 15.8 Å². The van der Waals surface area contributed by atoms with Crippen LogP contribution in [0, 0.1) is 18.3 Å². The van der Waals surface area contributed by atoms with E-state index in [1.807, 2.05) is 31.2 Å². The summed E-state index contributed by atoms with van der Waals surface area (Å²) in [6.45, 7) is 3.63. The standard InChI is InChI=1S/C25H23N3O4S/c1-17-7-9-18(10-8-17)15-22-24(30)28(20-5-3-4-6-21(20)31-2)25(33-22)19(16-26)23(29)27-11-13-32-14-12-27/h3-10,15H,11-14H2,1-2H3/b22-15+,25-19-. The Kier molecular flexibility index (Phi) is 6.73. The van der Waals surface area contributed by atoms with Crippen LogP contribution in [0.15, 0.2) is 53.3 Å². The summed E-state index contributed by atoms with van der Waals surface area (Å²) < 4.78 is 12.9. The van der Waals surface area contributed by atoms with Crippen molar-refractivity contribution < 1.29 is 14.3 Å². The van der Waals surface area contributed by atoms with Crippen molar-refractivity contribution in [3.8, 4) is 17.5 Å². The van der Waals surface area contributed by atoms with Crippen LogP contribution in [-0.4, -0.2) is 48.8 Å². The summed E-state index contributed by atoms with van der Waals surface area (Å²) in [4.78, 5) is 28.4. The first-order chi connectivity index (χ1) is 16.0. The smallest absolute Gasteiger partial charge is 0.273 e. The molecule has 8 heteroatoms. The summed E-state index contributed by atoms with van der Waals surface area (Å²) in [6.07, 6.45) is 1.77. The second-order valence-electron chi connectivity index (χ2n) is 7.53. The van der Waals surface area contributed by atoms with Gasteiger partial charge in [-0.25, -0.2) is 0 Å². The second-order valence-corrected chi connectivity index (χ2v) is 8.56. The molecule has 1 saturated heterocycles. The summed E-state index contributed by atoms with van der Waals surface area (Å²) in [5, 5.41) is 9.98. The Morgan fingerprint density at radius 3 is 2.52 bits per heavy atom. The molecule has 33 heavy (non-hydrogen) atoms. The van der Waals surface area contributed by atoms with Gasteiger partial charge in [-0.3, -0.25) is 14.2 Å². The van der Waals surface area contributed by atoms with Crippen LogP contribution in [-0.2, 0) is 9.53 Å². The molecule has 0 spiro atoms. The molecule has 3 aromatic rings. The fourth-order valence-electron chi connectivity index (χ4n) is 3.61. The molecule has 1 amide bonds. The number of hydrogen-bond acceptors (Lipinski definition) is 6. The molecule has 0 bridgehead atoms. The van der Waals surface area contributed by atoms with Crippen LogP contribution in [0.1, 0.15) is 11.1 Å². The van der Waals surface area contributed by atoms with E-state index >= 15 is 0 Å². The van der Waals surface area contributed by atoms with Crippen molar-refractivity contribution in [3.63, 3.8) is 0 Å². The molecule has 0 saturated carbocycles. The van der Waals surface area contributed by atoms with Gasteiger partial charge in [0.15, 0.2) is 5.57 Å². The molecule has 4 rings (SSSR count). The molecule has 168 valence electrons.